The van der Waals surface area contributed by atoms with E-state index in [9.17, 15) is 10.2 Å². The van der Waals surface area contributed by atoms with Gasteiger partial charge in [-0.2, -0.15) is 9.97 Å². The van der Waals surface area contributed by atoms with Crippen LogP contribution in [0.3, 0.4) is 0 Å². The first-order chi connectivity index (χ1) is 10.3. The molecule has 3 unspecified atom stereocenters. The molecular formula is C13H22N6O3. The van der Waals surface area contributed by atoms with E-state index in [1.54, 1.807) is 29.6 Å². The standard InChI is InChI=1S/C13H22N6O3/c1-7(21)9(5-20)22-8(2)19-6-15-10-11(18(3)4)16-13(14)17-12(10)19/h6-9,20-21H,5H2,1-4H3,(H2,14,16,17). The van der Waals surface area contributed by atoms with Gasteiger partial charge in [0.1, 0.15) is 12.3 Å². The molecule has 0 aromatic carbocycles. The fourth-order valence-corrected chi connectivity index (χ4v) is 2.12. The third-order valence-electron chi connectivity index (χ3n) is 3.33. The minimum absolute atomic E-state index is 0.138. The van der Waals surface area contributed by atoms with E-state index in [4.69, 9.17) is 10.5 Å². The number of imidazole rings is 1. The van der Waals surface area contributed by atoms with E-state index in [0.717, 1.165) is 0 Å². The topological polar surface area (TPSA) is 123 Å². The van der Waals surface area contributed by atoms with Crippen molar-refractivity contribution in [3.05, 3.63) is 6.33 Å². The highest BCUT2D eigenvalue weighted by Crippen LogP contribution is 2.25. The summed E-state index contributed by atoms with van der Waals surface area (Å²) >= 11 is 0. The van der Waals surface area contributed by atoms with E-state index in [-0.39, 0.29) is 12.6 Å². The molecule has 0 aliphatic heterocycles. The number of nitrogens with zero attached hydrogens (tertiary/aromatic N) is 5. The molecule has 0 aliphatic carbocycles. The normalized spacial score (nSPS) is 15.7. The van der Waals surface area contributed by atoms with Gasteiger partial charge >= 0.3 is 0 Å². The van der Waals surface area contributed by atoms with Crippen molar-refractivity contribution >= 4 is 22.9 Å². The van der Waals surface area contributed by atoms with Crippen LogP contribution in [0.4, 0.5) is 11.8 Å². The van der Waals surface area contributed by atoms with Gasteiger partial charge in [-0.3, -0.25) is 4.57 Å². The molecule has 0 fully saturated rings. The highest BCUT2D eigenvalue weighted by molar-refractivity contribution is 5.84. The van der Waals surface area contributed by atoms with Gasteiger partial charge in [0, 0.05) is 14.1 Å². The number of aromatic nitrogens is 4. The average molecular weight is 310 g/mol. The zero-order valence-electron chi connectivity index (χ0n) is 13.1. The van der Waals surface area contributed by atoms with Gasteiger partial charge in [0.05, 0.1) is 19.0 Å². The van der Waals surface area contributed by atoms with Gasteiger partial charge < -0.3 is 25.6 Å². The van der Waals surface area contributed by atoms with Crippen LogP contribution in [0, 0.1) is 0 Å². The molecule has 0 amide bonds. The summed E-state index contributed by atoms with van der Waals surface area (Å²) in [5.41, 5.74) is 6.89. The molecule has 0 saturated heterocycles. The summed E-state index contributed by atoms with van der Waals surface area (Å²) in [6, 6.07) is 0. The number of hydrogen-bond acceptors (Lipinski definition) is 8. The van der Waals surface area contributed by atoms with E-state index in [1.165, 1.54) is 0 Å². The zero-order chi connectivity index (χ0) is 16.4. The van der Waals surface area contributed by atoms with Crippen molar-refractivity contribution in [2.75, 3.05) is 31.3 Å². The van der Waals surface area contributed by atoms with Crippen LogP contribution in [0.25, 0.3) is 11.2 Å². The highest BCUT2D eigenvalue weighted by Gasteiger charge is 2.21. The lowest BCUT2D eigenvalue weighted by Crippen LogP contribution is -2.32. The molecule has 4 N–H and O–H groups in total. The van der Waals surface area contributed by atoms with Gasteiger partial charge in [0.2, 0.25) is 5.95 Å². The highest BCUT2D eigenvalue weighted by atomic mass is 16.5. The smallest absolute Gasteiger partial charge is 0.224 e. The molecule has 2 aromatic heterocycles. The predicted octanol–water partition coefficient (Wildman–Crippen LogP) is -0.249. The molecule has 2 aromatic rings. The lowest BCUT2D eigenvalue weighted by Gasteiger charge is -2.24. The first-order valence-electron chi connectivity index (χ1n) is 6.97. The monoisotopic (exact) mass is 310 g/mol. The molecule has 3 atom stereocenters. The summed E-state index contributed by atoms with van der Waals surface area (Å²) in [7, 11) is 3.69. The number of nitrogens with two attached hydrogens (primary N) is 1. The minimum atomic E-state index is -0.792. The van der Waals surface area contributed by atoms with E-state index >= 15 is 0 Å². The number of aliphatic hydroxyl groups excluding tert-OH is 2. The second kappa shape index (κ2) is 6.42. The fourth-order valence-electron chi connectivity index (χ4n) is 2.12. The second-order valence-corrected chi connectivity index (χ2v) is 5.32. The quantitative estimate of drug-likeness (QED) is 0.667. The van der Waals surface area contributed by atoms with Crippen LogP contribution in [0.15, 0.2) is 6.33 Å². The van der Waals surface area contributed by atoms with Crippen molar-refractivity contribution in [2.24, 2.45) is 0 Å². The van der Waals surface area contributed by atoms with Gasteiger partial charge in [-0.05, 0) is 13.8 Å². The molecule has 0 radical (unpaired) electrons. The maximum Gasteiger partial charge on any atom is 0.224 e. The molecule has 0 spiro atoms. The first-order valence-corrected chi connectivity index (χ1v) is 6.97. The maximum atomic E-state index is 9.57. The number of hydrogen-bond donors (Lipinski definition) is 3. The van der Waals surface area contributed by atoms with Crippen molar-refractivity contribution in [3.8, 4) is 0 Å². The lowest BCUT2D eigenvalue weighted by atomic mass is 10.2. The molecule has 122 valence electrons. The molecular weight excluding hydrogens is 288 g/mol. The number of anilines is 2. The molecule has 2 rings (SSSR count). The molecule has 22 heavy (non-hydrogen) atoms. The van der Waals surface area contributed by atoms with Crippen LogP contribution < -0.4 is 10.6 Å². The number of fused-ring (bicyclic) bond motifs is 1. The molecule has 0 saturated carbocycles. The summed E-state index contributed by atoms with van der Waals surface area (Å²) in [5, 5.41) is 18.8. The van der Waals surface area contributed by atoms with Gasteiger partial charge in [-0.15, -0.1) is 0 Å². The van der Waals surface area contributed by atoms with Crippen LogP contribution in [-0.2, 0) is 4.74 Å². The molecule has 9 heteroatoms. The summed E-state index contributed by atoms with van der Waals surface area (Å²) in [6.07, 6.45) is -0.396. The average Bonchev–Trinajstić information content (AvgIpc) is 2.86. The Hall–Kier alpha value is -1.97. The van der Waals surface area contributed by atoms with Crippen molar-refractivity contribution in [1.82, 2.24) is 19.5 Å². The fraction of sp³-hybridized carbons (Fsp3) is 0.615. The Morgan fingerprint density at radius 3 is 2.59 bits per heavy atom. The van der Waals surface area contributed by atoms with Crippen molar-refractivity contribution < 1.29 is 14.9 Å². The Bertz CT molecular complexity index is 642. The van der Waals surface area contributed by atoms with Crippen molar-refractivity contribution in [2.45, 2.75) is 32.3 Å². The Balaban J connectivity index is 2.40. The van der Waals surface area contributed by atoms with Crippen LogP contribution >= 0.6 is 0 Å². The number of ether oxygens (including phenoxy) is 1. The number of aliphatic hydroxyl groups is 2. The zero-order valence-corrected chi connectivity index (χ0v) is 13.1. The van der Waals surface area contributed by atoms with Gasteiger partial charge in [-0.25, -0.2) is 4.98 Å². The summed E-state index contributed by atoms with van der Waals surface area (Å²) in [4.78, 5) is 14.5. The van der Waals surface area contributed by atoms with E-state index in [2.05, 4.69) is 15.0 Å². The Kier molecular flexibility index (Phi) is 4.79. The van der Waals surface area contributed by atoms with Crippen molar-refractivity contribution in [1.29, 1.82) is 0 Å². The van der Waals surface area contributed by atoms with Crippen LogP contribution in [0.2, 0.25) is 0 Å². The van der Waals surface area contributed by atoms with Gasteiger partial charge in [-0.1, -0.05) is 0 Å². The van der Waals surface area contributed by atoms with E-state index < -0.39 is 18.4 Å². The predicted molar refractivity (Wildman–Crippen MR) is 82.4 cm³/mol. The van der Waals surface area contributed by atoms with Crippen LogP contribution in [0.1, 0.15) is 20.1 Å². The maximum absolute atomic E-state index is 9.57. The first kappa shape index (κ1) is 16.4. The van der Waals surface area contributed by atoms with Gasteiger partial charge in [0.25, 0.3) is 0 Å². The molecule has 9 nitrogen and oxygen atoms in total. The summed E-state index contributed by atoms with van der Waals surface area (Å²) in [6.45, 7) is 3.05. The third kappa shape index (κ3) is 3.11. The summed E-state index contributed by atoms with van der Waals surface area (Å²) in [5.74, 6) is 0.752. The molecule has 0 bridgehead atoms. The largest absolute Gasteiger partial charge is 0.394 e. The third-order valence-corrected chi connectivity index (χ3v) is 3.33. The Morgan fingerprint density at radius 1 is 1.36 bits per heavy atom. The van der Waals surface area contributed by atoms with Crippen molar-refractivity contribution in [3.63, 3.8) is 0 Å². The number of rotatable bonds is 6. The summed E-state index contributed by atoms with van der Waals surface area (Å²) < 4.78 is 7.35. The lowest BCUT2D eigenvalue weighted by molar-refractivity contribution is -0.110. The SMILES string of the molecule is CC(O)C(CO)OC(C)n1cnc2c(N(C)C)nc(N)nc21. The molecule has 2 heterocycles. The minimum Gasteiger partial charge on any atom is -0.394 e. The molecule has 0 aliphatic rings. The Morgan fingerprint density at radius 2 is 2.05 bits per heavy atom. The Labute approximate surface area is 128 Å². The second-order valence-electron chi connectivity index (χ2n) is 5.32. The van der Waals surface area contributed by atoms with Crippen LogP contribution in [-0.4, -0.2) is 62.6 Å². The number of nitrogen functional groups attached to an aromatic ring is 1. The van der Waals surface area contributed by atoms with Gasteiger partial charge in [0.15, 0.2) is 17.0 Å². The van der Waals surface area contributed by atoms with E-state index in [1.807, 2.05) is 14.1 Å². The van der Waals surface area contributed by atoms with Crippen LogP contribution in [0.5, 0.6) is 0 Å². The van der Waals surface area contributed by atoms with E-state index in [0.29, 0.717) is 17.0 Å².